The summed E-state index contributed by atoms with van der Waals surface area (Å²) in [5.41, 5.74) is -0.786. The Morgan fingerprint density at radius 2 is 1.70 bits per heavy atom. The van der Waals surface area contributed by atoms with Crippen LogP contribution in [0.4, 0.5) is 4.39 Å². The van der Waals surface area contributed by atoms with E-state index in [1.165, 1.54) is 0 Å². The number of rotatable bonds is 0. The van der Waals surface area contributed by atoms with Gasteiger partial charge in [-0.2, -0.15) is 0 Å². The van der Waals surface area contributed by atoms with Crippen LogP contribution >= 0.6 is 0 Å². The van der Waals surface area contributed by atoms with Crippen molar-refractivity contribution in [1.82, 2.24) is 0 Å². The monoisotopic (exact) mass is 320 g/mol. The van der Waals surface area contributed by atoms with E-state index in [-0.39, 0.29) is 16.6 Å². The standard InChI is InChI=1S/C20H29FO2/c1-18-8-7-15-13(14(18)4-5-17(18)23)10-16(21)20(3)11-12(22)6-9-19(15,20)2/h13-16H,4-11H2,1-3H3/t13?,14-,15-,16+,18-,19?,20+/m0/s1. The predicted octanol–water partition coefficient (Wildman–Crippen LogP) is 4.51. The van der Waals surface area contributed by atoms with Crippen molar-refractivity contribution in [3.63, 3.8) is 0 Å². The first-order chi connectivity index (χ1) is 10.7. The quantitative estimate of drug-likeness (QED) is 0.658. The zero-order valence-electron chi connectivity index (χ0n) is 14.7. The van der Waals surface area contributed by atoms with Gasteiger partial charge in [0.15, 0.2) is 0 Å². The van der Waals surface area contributed by atoms with Crippen molar-refractivity contribution in [1.29, 1.82) is 0 Å². The van der Waals surface area contributed by atoms with Gasteiger partial charge < -0.3 is 0 Å². The van der Waals surface area contributed by atoms with Gasteiger partial charge in [-0.3, -0.25) is 9.59 Å². The van der Waals surface area contributed by atoms with Crippen LogP contribution in [0, 0.1) is 34.0 Å². The molecule has 0 aromatic rings. The summed E-state index contributed by atoms with van der Waals surface area (Å²) in [7, 11) is 0. The third kappa shape index (κ3) is 1.80. The fourth-order valence-electron chi connectivity index (χ4n) is 7.14. The average molecular weight is 320 g/mol. The SMILES string of the molecule is CC12CCC(=O)C[C@]1(C)[C@H](F)CC1[C@@H]2CC[C@]2(C)C(=O)CC[C@@H]12. The van der Waals surface area contributed by atoms with E-state index in [0.717, 1.165) is 25.7 Å². The zero-order chi connectivity index (χ0) is 16.6. The molecule has 0 aliphatic heterocycles. The maximum Gasteiger partial charge on any atom is 0.139 e. The van der Waals surface area contributed by atoms with Crippen LogP contribution in [0.3, 0.4) is 0 Å². The minimum atomic E-state index is -0.906. The number of carbonyl (C=O) groups is 2. The topological polar surface area (TPSA) is 34.1 Å². The Morgan fingerprint density at radius 3 is 2.43 bits per heavy atom. The van der Waals surface area contributed by atoms with Gasteiger partial charge in [-0.25, -0.2) is 4.39 Å². The summed E-state index contributed by atoms with van der Waals surface area (Å²) >= 11 is 0. The first-order valence-electron chi connectivity index (χ1n) is 9.41. The molecule has 0 bridgehead atoms. The van der Waals surface area contributed by atoms with Crippen LogP contribution in [0.5, 0.6) is 0 Å². The Morgan fingerprint density at radius 1 is 0.957 bits per heavy atom. The van der Waals surface area contributed by atoms with Crippen molar-refractivity contribution < 1.29 is 14.0 Å². The van der Waals surface area contributed by atoms with E-state index in [4.69, 9.17) is 0 Å². The number of Topliss-reactive ketones (excluding diaryl/α,β-unsaturated/α-hetero) is 2. The summed E-state index contributed by atoms with van der Waals surface area (Å²) in [6, 6.07) is 0. The van der Waals surface area contributed by atoms with Crippen molar-refractivity contribution in [3.8, 4) is 0 Å². The van der Waals surface area contributed by atoms with Crippen LogP contribution in [0.15, 0.2) is 0 Å². The van der Waals surface area contributed by atoms with E-state index >= 15 is 4.39 Å². The van der Waals surface area contributed by atoms with Crippen molar-refractivity contribution >= 4 is 11.6 Å². The molecule has 0 saturated heterocycles. The Kier molecular flexibility index (Phi) is 3.20. The lowest BCUT2D eigenvalue weighted by Gasteiger charge is -2.64. The zero-order valence-corrected chi connectivity index (χ0v) is 14.7. The van der Waals surface area contributed by atoms with Crippen molar-refractivity contribution in [2.45, 2.75) is 78.3 Å². The highest BCUT2D eigenvalue weighted by molar-refractivity contribution is 5.87. The third-order valence-electron chi connectivity index (χ3n) is 8.93. The van der Waals surface area contributed by atoms with Gasteiger partial charge in [-0.05, 0) is 55.3 Å². The molecule has 3 heteroatoms. The van der Waals surface area contributed by atoms with Gasteiger partial charge in [0.2, 0.25) is 0 Å². The van der Waals surface area contributed by atoms with E-state index in [0.29, 0.717) is 49.2 Å². The molecule has 0 spiro atoms. The number of ketones is 2. The second-order valence-corrected chi connectivity index (χ2v) is 9.55. The summed E-state index contributed by atoms with van der Waals surface area (Å²) in [5, 5.41) is 0. The van der Waals surface area contributed by atoms with Crippen LogP contribution in [0.2, 0.25) is 0 Å². The number of carbonyl (C=O) groups excluding carboxylic acids is 2. The smallest absolute Gasteiger partial charge is 0.139 e. The minimum Gasteiger partial charge on any atom is -0.300 e. The van der Waals surface area contributed by atoms with Crippen LogP contribution < -0.4 is 0 Å². The average Bonchev–Trinajstić information content (AvgIpc) is 2.79. The van der Waals surface area contributed by atoms with Gasteiger partial charge in [-0.15, -0.1) is 0 Å². The molecule has 0 aromatic heterocycles. The van der Waals surface area contributed by atoms with Gasteiger partial charge in [0.1, 0.15) is 17.7 Å². The minimum absolute atomic E-state index is 0.0871. The molecule has 4 aliphatic rings. The summed E-state index contributed by atoms with van der Waals surface area (Å²) in [4.78, 5) is 24.5. The van der Waals surface area contributed by atoms with Crippen LogP contribution in [0.25, 0.3) is 0 Å². The molecule has 0 N–H and O–H groups in total. The lowest BCUT2D eigenvalue weighted by atomic mass is 9.40. The van der Waals surface area contributed by atoms with E-state index in [2.05, 4.69) is 13.8 Å². The molecule has 4 rings (SSSR count). The molecule has 0 aromatic carbocycles. The van der Waals surface area contributed by atoms with E-state index in [1.54, 1.807) is 0 Å². The van der Waals surface area contributed by atoms with Crippen LogP contribution in [-0.4, -0.2) is 17.7 Å². The van der Waals surface area contributed by atoms with Crippen LogP contribution in [-0.2, 0) is 9.59 Å². The molecule has 7 atom stereocenters. The Balaban J connectivity index is 1.74. The van der Waals surface area contributed by atoms with E-state index in [9.17, 15) is 9.59 Å². The van der Waals surface area contributed by atoms with Crippen LogP contribution in [0.1, 0.15) is 72.1 Å². The maximum absolute atomic E-state index is 15.3. The number of hydrogen-bond acceptors (Lipinski definition) is 2. The maximum atomic E-state index is 15.3. The van der Waals surface area contributed by atoms with Gasteiger partial charge in [0.05, 0.1) is 0 Å². The Hall–Kier alpha value is -0.730. The normalized spacial score (nSPS) is 56.0. The summed E-state index contributed by atoms with van der Waals surface area (Å²) in [6.45, 7) is 6.41. The number of alkyl halides is 1. The molecule has 0 radical (unpaired) electrons. The first-order valence-corrected chi connectivity index (χ1v) is 9.41. The molecule has 2 unspecified atom stereocenters. The molecule has 128 valence electrons. The second kappa shape index (κ2) is 4.67. The van der Waals surface area contributed by atoms with Crippen molar-refractivity contribution in [2.75, 3.05) is 0 Å². The van der Waals surface area contributed by atoms with Crippen molar-refractivity contribution in [3.05, 3.63) is 0 Å². The molecule has 4 aliphatic carbocycles. The third-order valence-corrected chi connectivity index (χ3v) is 8.93. The summed E-state index contributed by atoms with van der Waals surface area (Å²) in [6.07, 6.45) is 5.17. The lowest BCUT2D eigenvalue weighted by Crippen LogP contribution is -2.62. The largest absolute Gasteiger partial charge is 0.300 e. The summed E-state index contributed by atoms with van der Waals surface area (Å²) in [5.74, 6) is 1.83. The Labute approximate surface area is 138 Å². The number of halogens is 1. The van der Waals surface area contributed by atoms with E-state index in [1.807, 2.05) is 6.92 Å². The molecule has 0 amide bonds. The molecular weight excluding hydrogens is 291 g/mol. The lowest BCUT2D eigenvalue weighted by molar-refractivity contribution is -0.186. The molecule has 2 nitrogen and oxygen atoms in total. The van der Waals surface area contributed by atoms with Gasteiger partial charge >= 0.3 is 0 Å². The van der Waals surface area contributed by atoms with Gasteiger partial charge in [0, 0.05) is 30.1 Å². The van der Waals surface area contributed by atoms with Gasteiger partial charge in [-0.1, -0.05) is 20.8 Å². The Bertz CT molecular complexity index is 572. The van der Waals surface area contributed by atoms with E-state index < -0.39 is 11.6 Å². The number of fused-ring (bicyclic) bond motifs is 5. The second-order valence-electron chi connectivity index (χ2n) is 9.55. The summed E-state index contributed by atoms with van der Waals surface area (Å²) < 4.78 is 15.3. The molecule has 4 saturated carbocycles. The highest BCUT2D eigenvalue weighted by atomic mass is 19.1. The highest BCUT2D eigenvalue weighted by Crippen LogP contribution is 2.69. The first kappa shape index (κ1) is 15.8. The molecule has 4 fully saturated rings. The predicted molar refractivity (Wildman–Crippen MR) is 86.6 cm³/mol. The molecule has 23 heavy (non-hydrogen) atoms. The number of hydrogen-bond donors (Lipinski definition) is 0. The fourth-order valence-corrected chi connectivity index (χ4v) is 7.14. The molecular formula is C20H29FO2. The fraction of sp³-hybridized carbons (Fsp3) is 0.900. The highest BCUT2D eigenvalue weighted by Gasteiger charge is 2.66. The van der Waals surface area contributed by atoms with Crippen molar-refractivity contribution in [2.24, 2.45) is 34.0 Å². The molecule has 0 heterocycles. The van der Waals surface area contributed by atoms with Gasteiger partial charge in [0.25, 0.3) is 0 Å².